The van der Waals surface area contributed by atoms with Gasteiger partial charge in [0.05, 0.1) is 42.9 Å². The smallest absolute Gasteiger partial charge is 0.327 e. The van der Waals surface area contributed by atoms with Crippen LogP contribution in [0.3, 0.4) is 0 Å². The molecule has 2 heterocycles. The average molecular weight is 597 g/mol. The number of amides is 1. The van der Waals surface area contributed by atoms with E-state index in [4.69, 9.17) is 34.8 Å². The first-order chi connectivity index (χ1) is 19.6. The van der Waals surface area contributed by atoms with Gasteiger partial charge in [0.1, 0.15) is 17.7 Å². The number of hydrazine groups is 1. The Labute approximate surface area is 244 Å². The maximum atomic E-state index is 13.5. The molecule has 0 fully saturated rings. The van der Waals surface area contributed by atoms with E-state index in [1.807, 2.05) is 30.3 Å². The van der Waals surface area contributed by atoms with E-state index in [2.05, 4.69) is 20.1 Å². The topological polar surface area (TPSA) is 163 Å². The van der Waals surface area contributed by atoms with E-state index in [9.17, 15) is 14.4 Å². The molecule has 12 nitrogen and oxygen atoms in total. The van der Waals surface area contributed by atoms with Crippen molar-refractivity contribution in [2.75, 3.05) is 17.4 Å². The van der Waals surface area contributed by atoms with Gasteiger partial charge in [-0.05, 0) is 23.8 Å². The maximum Gasteiger partial charge on any atom is 0.327 e. The van der Waals surface area contributed by atoms with Crippen molar-refractivity contribution < 1.29 is 14.3 Å². The number of nitrogens with one attached hydrogen (secondary N) is 1. The first kappa shape index (κ1) is 29.3. The van der Waals surface area contributed by atoms with Gasteiger partial charge >= 0.3 is 5.97 Å². The van der Waals surface area contributed by atoms with Gasteiger partial charge in [-0.15, -0.1) is 0 Å². The van der Waals surface area contributed by atoms with E-state index in [-0.39, 0.29) is 23.8 Å². The number of hydrogen-bond donors (Lipinski definition) is 3. The fourth-order valence-corrected chi connectivity index (χ4v) is 4.30. The molecular formula is C27H26Cl2N8O4. The first-order valence-electron chi connectivity index (χ1n) is 12.1. The van der Waals surface area contributed by atoms with Crippen molar-refractivity contribution in [3.8, 4) is 11.3 Å². The molecule has 4 aromatic rings. The lowest BCUT2D eigenvalue weighted by Gasteiger charge is -2.21. The molecule has 1 amide bonds. The van der Waals surface area contributed by atoms with Crippen molar-refractivity contribution in [3.63, 3.8) is 0 Å². The van der Waals surface area contributed by atoms with Gasteiger partial charge in [-0.1, -0.05) is 53.5 Å². The average Bonchev–Trinajstić information content (AvgIpc) is 3.38. The summed E-state index contributed by atoms with van der Waals surface area (Å²) in [6, 6.07) is 14.4. The van der Waals surface area contributed by atoms with E-state index >= 15 is 0 Å². The standard InChI is InChI=1S/C27H26Cl2N8O4/c1-41-26(39)15-35-13-19(12-33-35)34-27(40)23(9-17-5-3-2-4-6-17)36-16-32-21(11-25(36)38)20-10-18(28)7-8-22(20)37(31)14-24(29)30/h2-8,10-14,16,23H,9,15,30-31H2,1H3,(H,34,40)/b24-14-. The highest BCUT2D eigenvalue weighted by atomic mass is 35.5. The molecule has 0 aliphatic heterocycles. The van der Waals surface area contributed by atoms with Crippen LogP contribution >= 0.6 is 23.2 Å². The maximum absolute atomic E-state index is 13.5. The fraction of sp³-hybridized carbons (Fsp3) is 0.148. The number of nitrogens with zero attached hydrogens (tertiary/aromatic N) is 5. The van der Waals surface area contributed by atoms with Gasteiger partial charge in [0.2, 0.25) is 5.91 Å². The molecule has 0 saturated heterocycles. The van der Waals surface area contributed by atoms with Crippen LogP contribution in [0.1, 0.15) is 11.6 Å². The minimum Gasteiger partial charge on any atom is -0.468 e. The molecular weight excluding hydrogens is 571 g/mol. The summed E-state index contributed by atoms with van der Waals surface area (Å²) in [4.78, 5) is 43.0. The van der Waals surface area contributed by atoms with E-state index in [0.717, 1.165) is 5.56 Å². The number of ether oxygens (including phenoxy) is 1. The minimum atomic E-state index is -0.973. The molecule has 212 valence electrons. The van der Waals surface area contributed by atoms with Crippen LogP contribution in [0.15, 0.2) is 89.5 Å². The van der Waals surface area contributed by atoms with Crippen molar-refractivity contribution in [2.24, 2.45) is 11.6 Å². The summed E-state index contributed by atoms with van der Waals surface area (Å²) in [5.74, 6) is 5.11. The van der Waals surface area contributed by atoms with Crippen LogP contribution in [0.5, 0.6) is 0 Å². The number of halogens is 2. The zero-order valence-corrected chi connectivity index (χ0v) is 23.3. The van der Waals surface area contributed by atoms with Crippen LogP contribution in [-0.4, -0.2) is 38.3 Å². The van der Waals surface area contributed by atoms with Crippen molar-refractivity contribution >= 4 is 46.5 Å². The lowest BCUT2D eigenvalue weighted by molar-refractivity contribution is -0.141. The van der Waals surface area contributed by atoms with Gasteiger partial charge in [0.25, 0.3) is 5.56 Å². The molecule has 2 aromatic heterocycles. The highest BCUT2D eigenvalue weighted by molar-refractivity contribution is 6.31. The Bertz CT molecular complexity index is 1630. The Hall–Kier alpha value is -4.65. The predicted octanol–water partition coefficient (Wildman–Crippen LogP) is 3.03. The van der Waals surface area contributed by atoms with Gasteiger partial charge in [0.15, 0.2) is 0 Å². The largest absolute Gasteiger partial charge is 0.468 e. The highest BCUT2D eigenvalue weighted by Crippen LogP contribution is 2.31. The predicted molar refractivity (Wildman–Crippen MR) is 156 cm³/mol. The van der Waals surface area contributed by atoms with E-state index in [0.29, 0.717) is 22.0 Å². The molecule has 0 spiro atoms. The molecule has 0 bridgehead atoms. The molecule has 41 heavy (non-hydrogen) atoms. The summed E-state index contributed by atoms with van der Waals surface area (Å²) >= 11 is 12.0. The Morgan fingerprint density at radius 2 is 1.95 bits per heavy atom. The third kappa shape index (κ3) is 7.51. The monoisotopic (exact) mass is 596 g/mol. The van der Waals surface area contributed by atoms with Crippen LogP contribution in [-0.2, 0) is 27.3 Å². The van der Waals surface area contributed by atoms with Crippen LogP contribution in [0, 0.1) is 0 Å². The van der Waals surface area contributed by atoms with Gasteiger partial charge in [0, 0.05) is 29.3 Å². The number of carbonyl (C=O) groups is 2. The van der Waals surface area contributed by atoms with Crippen LogP contribution in [0.4, 0.5) is 11.4 Å². The highest BCUT2D eigenvalue weighted by Gasteiger charge is 2.24. The van der Waals surface area contributed by atoms with Crippen LogP contribution < -0.4 is 27.5 Å². The number of anilines is 2. The zero-order chi connectivity index (χ0) is 29.5. The summed E-state index contributed by atoms with van der Waals surface area (Å²) < 4.78 is 7.21. The number of benzene rings is 2. The Morgan fingerprint density at radius 3 is 2.63 bits per heavy atom. The summed E-state index contributed by atoms with van der Waals surface area (Å²) in [5.41, 5.74) is 7.37. The van der Waals surface area contributed by atoms with Gasteiger partial charge < -0.3 is 15.8 Å². The van der Waals surface area contributed by atoms with Crippen LogP contribution in [0.2, 0.25) is 5.02 Å². The Balaban J connectivity index is 1.68. The molecule has 4 rings (SSSR count). The first-order valence-corrected chi connectivity index (χ1v) is 12.9. The second kappa shape index (κ2) is 13.1. The lowest BCUT2D eigenvalue weighted by atomic mass is 10.0. The Morgan fingerprint density at radius 1 is 1.20 bits per heavy atom. The second-order valence-electron chi connectivity index (χ2n) is 8.80. The number of rotatable bonds is 10. The fourth-order valence-electron chi connectivity index (χ4n) is 4.02. The molecule has 1 atom stereocenters. The summed E-state index contributed by atoms with van der Waals surface area (Å²) in [7, 11) is 1.27. The molecule has 1 unspecified atom stereocenters. The molecule has 0 radical (unpaired) electrons. The molecule has 0 aliphatic carbocycles. The summed E-state index contributed by atoms with van der Waals surface area (Å²) in [6.45, 7) is -0.121. The van der Waals surface area contributed by atoms with Crippen LogP contribution in [0.25, 0.3) is 11.3 Å². The molecule has 2 aromatic carbocycles. The van der Waals surface area contributed by atoms with Gasteiger partial charge in [-0.2, -0.15) is 5.10 Å². The number of aromatic nitrogens is 4. The molecule has 14 heteroatoms. The number of carbonyl (C=O) groups excluding carboxylic acids is 2. The third-order valence-electron chi connectivity index (χ3n) is 5.94. The second-order valence-corrected chi connectivity index (χ2v) is 9.67. The Kier molecular flexibility index (Phi) is 9.40. The summed E-state index contributed by atoms with van der Waals surface area (Å²) in [6.07, 6.45) is 5.67. The van der Waals surface area contributed by atoms with Crippen molar-refractivity contribution in [3.05, 3.63) is 106 Å². The van der Waals surface area contributed by atoms with Gasteiger partial charge in [-0.3, -0.25) is 28.6 Å². The van der Waals surface area contributed by atoms with Crippen molar-refractivity contribution in [2.45, 2.75) is 19.0 Å². The van der Waals surface area contributed by atoms with Gasteiger partial charge in [-0.25, -0.2) is 10.8 Å². The number of esters is 1. The quantitative estimate of drug-likeness (QED) is 0.108. The zero-order valence-electron chi connectivity index (χ0n) is 21.8. The lowest BCUT2D eigenvalue weighted by Crippen LogP contribution is -2.34. The third-order valence-corrected chi connectivity index (χ3v) is 6.27. The minimum absolute atomic E-state index is 0.0533. The molecule has 0 saturated carbocycles. The number of methoxy groups -OCH3 is 1. The van der Waals surface area contributed by atoms with Crippen molar-refractivity contribution in [1.29, 1.82) is 0 Å². The molecule has 5 N–H and O–H groups in total. The van der Waals surface area contributed by atoms with E-state index < -0.39 is 23.5 Å². The summed E-state index contributed by atoms with van der Waals surface area (Å²) in [5, 5.41) is 8.34. The number of nitrogens with two attached hydrogens (primary N) is 2. The van der Waals surface area contributed by atoms with E-state index in [1.165, 1.54) is 52.4 Å². The normalized spacial score (nSPS) is 12.0. The molecule has 0 aliphatic rings. The number of hydrogen-bond acceptors (Lipinski definition) is 9. The van der Waals surface area contributed by atoms with Crippen molar-refractivity contribution in [1.82, 2.24) is 19.3 Å². The van der Waals surface area contributed by atoms with E-state index in [1.54, 1.807) is 18.2 Å². The SMILES string of the molecule is COC(=O)Cn1cc(NC(=O)C(Cc2ccccc2)n2cnc(-c3cc(Cl)ccc3N(N)/C=C(\N)Cl)cc2=O)cn1.